The van der Waals surface area contributed by atoms with Gasteiger partial charge < -0.3 is 4.74 Å². The van der Waals surface area contributed by atoms with Crippen molar-refractivity contribution in [3.8, 4) is 5.75 Å². The van der Waals surface area contributed by atoms with Crippen LogP contribution in [0.1, 0.15) is 34.5 Å². The molecule has 30 heavy (non-hydrogen) atoms. The van der Waals surface area contributed by atoms with E-state index in [1.54, 1.807) is 54.9 Å². The Morgan fingerprint density at radius 2 is 1.80 bits per heavy atom. The molecule has 0 aliphatic carbocycles. The van der Waals surface area contributed by atoms with Crippen LogP contribution in [0.15, 0.2) is 77.9 Å². The molecule has 0 saturated carbocycles. The number of hydrogen-bond acceptors (Lipinski definition) is 5. The maximum absolute atomic E-state index is 13.3. The molecule has 6 heteroatoms. The summed E-state index contributed by atoms with van der Waals surface area (Å²) in [6, 6.07) is 19.7. The first-order chi connectivity index (χ1) is 14.7. The molecule has 0 radical (unpaired) electrons. The minimum atomic E-state index is -0.644. The average molecular weight is 399 g/mol. The van der Waals surface area contributed by atoms with Gasteiger partial charge in [-0.2, -0.15) is 0 Å². The average Bonchev–Trinajstić information content (AvgIpc) is 2.78. The Kier molecular flexibility index (Phi) is 5.66. The van der Waals surface area contributed by atoms with Crippen LogP contribution in [0, 0.1) is 0 Å². The number of benzene rings is 2. The van der Waals surface area contributed by atoms with Crippen molar-refractivity contribution < 1.29 is 14.3 Å². The summed E-state index contributed by atoms with van der Waals surface area (Å²) < 4.78 is 5.46. The summed E-state index contributed by atoms with van der Waals surface area (Å²) in [6.45, 7) is 2.81. The zero-order valence-corrected chi connectivity index (χ0v) is 16.6. The lowest BCUT2D eigenvalue weighted by Gasteiger charge is -2.31. The summed E-state index contributed by atoms with van der Waals surface area (Å²) in [4.78, 5) is 36.3. The predicted octanol–water partition coefficient (Wildman–Crippen LogP) is 4.02. The molecule has 0 spiro atoms. The summed E-state index contributed by atoms with van der Waals surface area (Å²) in [5.41, 5.74) is 2.48. The predicted molar refractivity (Wildman–Crippen MR) is 115 cm³/mol. The van der Waals surface area contributed by atoms with Crippen LogP contribution < -0.4 is 9.64 Å². The second-order valence-corrected chi connectivity index (χ2v) is 6.78. The third-order valence-corrected chi connectivity index (χ3v) is 4.86. The Bertz CT molecular complexity index is 1080. The van der Waals surface area contributed by atoms with Crippen LogP contribution in [0.5, 0.6) is 5.75 Å². The molecule has 6 nitrogen and oxygen atoms in total. The molecule has 1 atom stereocenters. The van der Waals surface area contributed by atoms with Gasteiger partial charge in [-0.1, -0.05) is 24.3 Å². The molecule has 1 aliphatic heterocycles. The Morgan fingerprint density at radius 3 is 2.53 bits per heavy atom. The van der Waals surface area contributed by atoms with Crippen LogP contribution in [0.3, 0.4) is 0 Å². The van der Waals surface area contributed by atoms with Crippen LogP contribution in [-0.2, 0) is 11.3 Å². The molecule has 0 bridgehead atoms. The van der Waals surface area contributed by atoms with Crippen molar-refractivity contribution in [2.24, 2.45) is 4.99 Å². The number of amides is 2. The molecule has 0 fully saturated rings. The van der Waals surface area contributed by atoms with Gasteiger partial charge in [0.1, 0.15) is 5.75 Å². The normalized spacial score (nSPS) is 16.0. The zero-order valence-electron chi connectivity index (χ0n) is 16.6. The molecule has 2 heterocycles. The van der Waals surface area contributed by atoms with Gasteiger partial charge in [-0.15, -0.1) is 0 Å². The lowest BCUT2D eigenvalue weighted by molar-refractivity contribution is -0.118. The molecule has 3 aromatic rings. The number of fused-ring (bicyclic) bond motifs is 1. The number of imide groups is 1. The molecular formula is C24H21N3O3. The van der Waals surface area contributed by atoms with Gasteiger partial charge >= 0.3 is 0 Å². The standard InChI is InChI=1S/C24H21N3O3/c1-2-30-19-12-10-18(11-13-19)27-23(28)21-9-4-3-8-20(21)22(24(27)29)16-25-15-17-7-5-6-14-26-17/h3-14,16,22H,2,15H2,1H3/t22-/m1/s1. The third-order valence-electron chi connectivity index (χ3n) is 4.86. The fourth-order valence-corrected chi connectivity index (χ4v) is 3.45. The first kappa shape index (κ1) is 19.5. The number of carbonyl (C=O) groups excluding carboxylic acids is 2. The van der Waals surface area contributed by atoms with E-state index >= 15 is 0 Å². The minimum absolute atomic E-state index is 0.326. The quantitative estimate of drug-likeness (QED) is 0.464. The van der Waals surface area contributed by atoms with Gasteiger partial charge in [-0.3, -0.25) is 19.6 Å². The van der Waals surface area contributed by atoms with Crippen molar-refractivity contribution in [3.63, 3.8) is 0 Å². The number of ether oxygens (including phenoxy) is 1. The fourth-order valence-electron chi connectivity index (χ4n) is 3.45. The summed E-state index contributed by atoms with van der Waals surface area (Å²) in [7, 11) is 0. The van der Waals surface area contributed by atoms with E-state index in [9.17, 15) is 9.59 Å². The molecular weight excluding hydrogens is 378 g/mol. The Balaban J connectivity index is 1.66. The number of aliphatic imine (C=N–C) groups is 1. The van der Waals surface area contributed by atoms with Gasteiger partial charge in [0.25, 0.3) is 5.91 Å². The molecule has 2 aromatic carbocycles. The molecule has 1 aliphatic rings. The van der Waals surface area contributed by atoms with Gasteiger partial charge in [0, 0.05) is 18.0 Å². The van der Waals surface area contributed by atoms with Gasteiger partial charge in [0.15, 0.2) is 0 Å². The number of rotatable bonds is 6. The smallest absolute Gasteiger partial charge is 0.265 e. The Hall–Kier alpha value is -3.80. The molecule has 0 unspecified atom stereocenters. The summed E-state index contributed by atoms with van der Waals surface area (Å²) in [6.07, 6.45) is 3.32. The number of aromatic nitrogens is 1. The molecule has 0 N–H and O–H groups in total. The highest BCUT2D eigenvalue weighted by Crippen LogP contribution is 2.32. The number of anilines is 1. The minimum Gasteiger partial charge on any atom is -0.494 e. The van der Waals surface area contributed by atoms with E-state index in [4.69, 9.17) is 4.74 Å². The molecule has 2 amide bonds. The summed E-state index contributed by atoms with van der Waals surface area (Å²) in [5, 5.41) is 0. The SMILES string of the molecule is CCOc1ccc(N2C(=O)c3ccccc3[C@@H](C=NCc3ccccn3)C2=O)cc1. The van der Waals surface area contributed by atoms with Crippen LogP contribution in [0.2, 0.25) is 0 Å². The number of nitrogens with zero attached hydrogens (tertiary/aromatic N) is 3. The van der Waals surface area contributed by atoms with E-state index in [-0.39, 0.29) is 11.8 Å². The molecule has 150 valence electrons. The van der Waals surface area contributed by atoms with E-state index in [1.165, 1.54) is 4.90 Å². The van der Waals surface area contributed by atoms with Crippen molar-refractivity contribution in [3.05, 3.63) is 89.7 Å². The zero-order chi connectivity index (χ0) is 20.9. The highest BCUT2D eigenvalue weighted by molar-refractivity contribution is 6.29. The second kappa shape index (κ2) is 8.69. The van der Waals surface area contributed by atoms with Gasteiger partial charge in [-0.05, 0) is 55.0 Å². The van der Waals surface area contributed by atoms with Crippen molar-refractivity contribution in [2.75, 3.05) is 11.5 Å². The van der Waals surface area contributed by atoms with Crippen molar-refractivity contribution >= 4 is 23.7 Å². The Morgan fingerprint density at radius 1 is 1.03 bits per heavy atom. The topological polar surface area (TPSA) is 71.9 Å². The number of carbonyl (C=O) groups is 2. The van der Waals surface area contributed by atoms with Crippen molar-refractivity contribution in [1.29, 1.82) is 0 Å². The monoisotopic (exact) mass is 399 g/mol. The molecule has 1 aromatic heterocycles. The first-order valence-corrected chi connectivity index (χ1v) is 9.79. The van der Waals surface area contributed by atoms with Crippen molar-refractivity contribution in [1.82, 2.24) is 4.98 Å². The van der Waals surface area contributed by atoms with Gasteiger partial charge in [0.05, 0.1) is 30.5 Å². The second-order valence-electron chi connectivity index (χ2n) is 6.78. The van der Waals surface area contributed by atoms with E-state index in [0.717, 1.165) is 5.69 Å². The fraction of sp³-hybridized carbons (Fsp3) is 0.167. The van der Waals surface area contributed by atoms with Crippen LogP contribution in [-0.4, -0.2) is 29.6 Å². The van der Waals surface area contributed by atoms with Gasteiger partial charge in [0.2, 0.25) is 5.91 Å². The molecule has 0 saturated heterocycles. The number of pyridine rings is 1. The lowest BCUT2D eigenvalue weighted by atomic mass is 9.89. The van der Waals surface area contributed by atoms with E-state index in [2.05, 4.69) is 9.98 Å². The van der Waals surface area contributed by atoms with E-state index in [0.29, 0.717) is 35.7 Å². The van der Waals surface area contributed by atoms with Crippen molar-refractivity contribution in [2.45, 2.75) is 19.4 Å². The Labute approximate surface area is 174 Å². The van der Waals surface area contributed by atoms with E-state index in [1.807, 2.05) is 31.2 Å². The first-order valence-electron chi connectivity index (χ1n) is 9.79. The van der Waals surface area contributed by atoms with E-state index < -0.39 is 5.92 Å². The number of hydrogen-bond donors (Lipinski definition) is 0. The maximum atomic E-state index is 13.3. The lowest BCUT2D eigenvalue weighted by Crippen LogP contribution is -2.45. The summed E-state index contributed by atoms with van der Waals surface area (Å²) >= 11 is 0. The van der Waals surface area contributed by atoms with Crippen LogP contribution in [0.25, 0.3) is 0 Å². The maximum Gasteiger partial charge on any atom is 0.265 e. The van der Waals surface area contributed by atoms with Gasteiger partial charge in [-0.25, -0.2) is 4.90 Å². The van der Waals surface area contributed by atoms with Crippen LogP contribution in [0.4, 0.5) is 5.69 Å². The highest BCUT2D eigenvalue weighted by atomic mass is 16.5. The molecule has 4 rings (SSSR count). The van der Waals surface area contributed by atoms with Crippen LogP contribution >= 0.6 is 0 Å². The highest BCUT2D eigenvalue weighted by Gasteiger charge is 2.38. The largest absolute Gasteiger partial charge is 0.494 e. The third kappa shape index (κ3) is 3.85. The summed E-state index contributed by atoms with van der Waals surface area (Å²) in [5.74, 6) is -0.622.